The normalized spacial score (nSPS) is 37.5. The molecule has 1 amide bonds. The van der Waals surface area contributed by atoms with Gasteiger partial charge in [0.25, 0.3) is 0 Å². The van der Waals surface area contributed by atoms with Crippen molar-refractivity contribution < 1.29 is 14.3 Å². The van der Waals surface area contributed by atoms with E-state index in [0.717, 1.165) is 11.8 Å². The smallest absolute Gasteiger partial charge is 0.230 e. The summed E-state index contributed by atoms with van der Waals surface area (Å²) < 4.78 is 5.91. The Morgan fingerprint density at radius 1 is 1.45 bits per heavy atom. The Morgan fingerprint density at radius 3 is 3.00 bits per heavy atom. The predicted molar refractivity (Wildman–Crippen MR) is 69.4 cm³/mol. The van der Waals surface area contributed by atoms with E-state index in [2.05, 4.69) is 4.98 Å². The van der Waals surface area contributed by atoms with Crippen LogP contribution in [0.25, 0.3) is 0 Å². The van der Waals surface area contributed by atoms with Crippen LogP contribution in [0.5, 0.6) is 0 Å². The lowest BCUT2D eigenvalue weighted by Gasteiger charge is -2.21. The molecular weight excluding hydrogens is 256 g/mol. The molecule has 2 bridgehead atoms. The standard InChI is InChI=1S/C15H14N2O3/c18-8-11-12-1-4-15(20-12)9-17(14(19)13(11)15)7-10-2-5-16-6-3-10/h1-6,8,11-13H,7,9H2/t11-,12+,13-,15+/m1/s1. The number of fused-ring (bicyclic) bond motifs is 1. The summed E-state index contributed by atoms with van der Waals surface area (Å²) in [6.07, 6.45) is 7.96. The topological polar surface area (TPSA) is 59.5 Å². The number of aldehydes is 1. The van der Waals surface area contributed by atoms with Crippen LogP contribution in [-0.4, -0.2) is 40.3 Å². The molecular formula is C15H14N2O3. The van der Waals surface area contributed by atoms with Gasteiger partial charge >= 0.3 is 0 Å². The van der Waals surface area contributed by atoms with E-state index in [1.807, 2.05) is 24.3 Å². The van der Waals surface area contributed by atoms with Gasteiger partial charge in [-0.25, -0.2) is 0 Å². The molecule has 4 heterocycles. The molecule has 0 saturated carbocycles. The molecule has 3 aliphatic heterocycles. The van der Waals surface area contributed by atoms with Crippen molar-refractivity contribution in [2.45, 2.75) is 18.2 Å². The van der Waals surface area contributed by atoms with E-state index in [1.165, 1.54) is 0 Å². The van der Waals surface area contributed by atoms with Crippen LogP contribution >= 0.6 is 0 Å². The van der Waals surface area contributed by atoms with Gasteiger partial charge in [0.05, 0.1) is 24.5 Å². The highest BCUT2D eigenvalue weighted by Gasteiger charge is 2.64. The number of ether oxygens (including phenoxy) is 1. The molecule has 4 atom stereocenters. The highest BCUT2D eigenvalue weighted by atomic mass is 16.5. The highest BCUT2D eigenvalue weighted by molar-refractivity contribution is 5.88. The van der Waals surface area contributed by atoms with Gasteiger partial charge in [-0.05, 0) is 17.7 Å². The Morgan fingerprint density at radius 2 is 2.25 bits per heavy atom. The van der Waals surface area contributed by atoms with Gasteiger partial charge in [-0.1, -0.05) is 12.2 Å². The van der Waals surface area contributed by atoms with Crippen LogP contribution in [-0.2, 0) is 20.9 Å². The third-order valence-electron chi connectivity index (χ3n) is 4.51. The summed E-state index contributed by atoms with van der Waals surface area (Å²) in [5.41, 5.74) is 0.450. The van der Waals surface area contributed by atoms with Crippen LogP contribution in [0.15, 0.2) is 36.7 Å². The van der Waals surface area contributed by atoms with Crippen LogP contribution in [0.4, 0.5) is 0 Å². The van der Waals surface area contributed by atoms with Crippen molar-refractivity contribution in [3.63, 3.8) is 0 Å². The maximum Gasteiger partial charge on any atom is 0.230 e. The van der Waals surface area contributed by atoms with Gasteiger partial charge in [0, 0.05) is 18.9 Å². The zero-order valence-corrected chi connectivity index (χ0v) is 10.8. The molecule has 0 unspecified atom stereocenters. The van der Waals surface area contributed by atoms with Crippen LogP contribution in [0.1, 0.15) is 5.56 Å². The number of carbonyl (C=O) groups excluding carboxylic acids is 2. The Labute approximate surface area is 116 Å². The first-order valence-electron chi connectivity index (χ1n) is 6.74. The molecule has 1 spiro atoms. The number of nitrogens with zero attached hydrogens (tertiary/aromatic N) is 2. The molecule has 0 radical (unpaired) electrons. The molecule has 0 aromatic carbocycles. The third-order valence-corrected chi connectivity index (χ3v) is 4.51. The molecule has 102 valence electrons. The van der Waals surface area contributed by atoms with Crippen molar-refractivity contribution in [2.75, 3.05) is 6.54 Å². The van der Waals surface area contributed by atoms with E-state index in [4.69, 9.17) is 4.74 Å². The van der Waals surface area contributed by atoms with Gasteiger partial charge < -0.3 is 14.4 Å². The van der Waals surface area contributed by atoms with Gasteiger partial charge in [0.1, 0.15) is 11.9 Å². The minimum Gasteiger partial charge on any atom is -0.360 e. The lowest BCUT2D eigenvalue weighted by atomic mass is 9.78. The molecule has 5 heteroatoms. The van der Waals surface area contributed by atoms with Crippen molar-refractivity contribution in [3.05, 3.63) is 42.2 Å². The predicted octanol–water partition coefficient (Wildman–Crippen LogP) is 0.562. The summed E-state index contributed by atoms with van der Waals surface area (Å²) in [6, 6.07) is 3.79. The zero-order chi connectivity index (χ0) is 13.7. The molecule has 20 heavy (non-hydrogen) atoms. The van der Waals surface area contributed by atoms with Crippen LogP contribution in [0.3, 0.4) is 0 Å². The van der Waals surface area contributed by atoms with Crippen molar-refractivity contribution in [1.29, 1.82) is 0 Å². The summed E-state index contributed by atoms with van der Waals surface area (Å²) in [5, 5.41) is 0. The Kier molecular flexibility index (Phi) is 2.35. The summed E-state index contributed by atoms with van der Waals surface area (Å²) in [5.74, 6) is -0.669. The lowest BCUT2D eigenvalue weighted by Crippen LogP contribution is -2.36. The average molecular weight is 270 g/mol. The fourth-order valence-electron chi connectivity index (χ4n) is 3.62. The van der Waals surface area contributed by atoms with E-state index < -0.39 is 5.60 Å². The van der Waals surface area contributed by atoms with E-state index in [1.54, 1.807) is 17.3 Å². The fourth-order valence-corrected chi connectivity index (χ4v) is 3.62. The number of amides is 1. The number of hydrogen-bond acceptors (Lipinski definition) is 4. The van der Waals surface area contributed by atoms with Gasteiger partial charge in [0.2, 0.25) is 5.91 Å². The highest BCUT2D eigenvalue weighted by Crippen LogP contribution is 2.51. The Balaban J connectivity index is 1.62. The molecule has 1 aromatic rings. The fraction of sp³-hybridized carbons (Fsp3) is 0.400. The van der Waals surface area contributed by atoms with Gasteiger partial charge in [0.15, 0.2) is 0 Å². The number of carbonyl (C=O) groups is 2. The molecule has 5 nitrogen and oxygen atoms in total. The summed E-state index contributed by atoms with van der Waals surface area (Å²) >= 11 is 0. The number of aromatic nitrogens is 1. The minimum absolute atomic E-state index is 0.0192. The summed E-state index contributed by atoms with van der Waals surface area (Å²) in [7, 11) is 0. The van der Waals surface area contributed by atoms with Crippen molar-refractivity contribution in [1.82, 2.24) is 9.88 Å². The summed E-state index contributed by atoms with van der Waals surface area (Å²) in [6.45, 7) is 1.06. The zero-order valence-electron chi connectivity index (χ0n) is 10.8. The maximum absolute atomic E-state index is 12.6. The maximum atomic E-state index is 12.6. The third kappa shape index (κ3) is 1.44. The van der Waals surface area contributed by atoms with Crippen LogP contribution in [0.2, 0.25) is 0 Å². The van der Waals surface area contributed by atoms with Crippen molar-refractivity contribution in [3.8, 4) is 0 Å². The second-order valence-corrected chi connectivity index (χ2v) is 5.64. The van der Waals surface area contributed by atoms with E-state index in [9.17, 15) is 9.59 Å². The molecule has 1 aromatic heterocycles. The number of hydrogen-bond donors (Lipinski definition) is 0. The molecule has 4 rings (SSSR count). The molecule has 2 saturated heterocycles. The summed E-state index contributed by atoms with van der Waals surface area (Å²) in [4.78, 5) is 29.6. The Hall–Kier alpha value is -2.01. The first-order chi connectivity index (χ1) is 9.73. The monoisotopic (exact) mass is 270 g/mol. The second-order valence-electron chi connectivity index (χ2n) is 5.64. The first kappa shape index (κ1) is 11.8. The quantitative estimate of drug-likeness (QED) is 0.595. The Bertz CT molecular complexity index is 600. The molecule has 3 aliphatic rings. The number of pyridine rings is 1. The van der Waals surface area contributed by atoms with Gasteiger partial charge in [-0.15, -0.1) is 0 Å². The van der Waals surface area contributed by atoms with Crippen LogP contribution in [0, 0.1) is 11.8 Å². The van der Waals surface area contributed by atoms with E-state index in [-0.39, 0.29) is 23.8 Å². The van der Waals surface area contributed by atoms with Crippen molar-refractivity contribution in [2.24, 2.45) is 11.8 Å². The van der Waals surface area contributed by atoms with E-state index >= 15 is 0 Å². The van der Waals surface area contributed by atoms with E-state index in [0.29, 0.717) is 13.1 Å². The average Bonchev–Trinajstić information content (AvgIpc) is 3.09. The number of likely N-dealkylation sites (tertiary alicyclic amines) is 1. The van der Waals surface area contributed by atoms with Gasteiger partial charge in [-0.2, -0.15) is 0 Å². The lowest BCUT2D eigenvalue weighted by molar-refractivity contribution is -0.134. The van der Waals surface area contributed by atoms with Gasteiger partial charge in [-0.3, -0.25) is 9.78 Å². The van der Waals surface area contributed by atoms with Crippen LogP contribution < -0.4 is 0 Å². The minimum atomic E-state index is -0.583. The van der Waals surface area contributed by atoms with Crippen molar-refractivity contribution >= 4 is 12.2 Å². The number of rotatable bonds is 3. The first-order valence-corrected chi connectivity index (χ1v) is 6.74. The molecule has 2 fully saturated rings. The second kappa shape index (κ2) is 3.99. The SMILES string of the molecule is O=C[C@@H]1[C@@H]2C=C[C@@]3(CN(Cc4ccncc4)C(=O)[C@@H]13)O2. The largest absolute Gasteiger partial charge is 0.360 e. The molecule has 0 N–H and O–H groups in total. The molecule has 0 aliphatic carbocycles.